The second kappa shape index (κ2) is 0.948. The highest BCUT2D eigenvalue weighted by Gasteiger charge is 1.78. The molecule has 0 amide bonds. The van der Waals surface area contributed by atoms with Crippen LogP contribution in [0.1, 0.15) is 0 Å². The molecule has 0 aliphatic heterocycles. The Bertz CT molecular complexity index is 122. The van der Waals surface area contributed by atoms with Crippen molar-refractivity contribution in [1.82, 2.24) is 0 Å². The Labute approximate surface area is 37.2 Å². The molecule has 1 aromatic heterocycles. The minimum Gasteiger partial charge on any atom is -0.251 e. The van der Waals surface area contributed by atoms with Crippen molar-refractivity contribution in [1.29, 1.82) is 0 Å². The van der Waals surface area contributed by atoms with Gasteiger partial charge in [0.2, 0.25) is 0 Å². The van der Waals surface area contributed by atoms with Crippen molar-refractivity contribution in [3.05, 3.63) is 4.02 Å². The standard InChI is InChI=1S/CO2S2/c4-1-2-3-5-1. The normalized spacial score (nSPS) is 8.80. The van der Waals surface area contributed by atoms with Crippen LogP contribution in [-0.2, 0) is 0 Å². The molecule has 1 rings (SSSR count). The fraction of sp³-hybridized carbons (Fsp3) is 0. The Hall–Kier alpha value is -0.0900. The van der Waals surface area contributed by atoms with E-state index < -0.39 is 0 Å². The van der Waals surface area contributed by atoms with Crippen molar-refractivity contribution in [3.63, 3.8) is 0 Å². The fourth-order valence-corrected chi connectivity index (χ4v) is 0.352. The van der Waals surface area contributed by atoms with Gasteiger partial charge in [0.05, 0.1) is 0 Å². The zero-order valence-corrected chi connectivity index (χ0v) is 3.77. The quantitative estimate of drug-likeness (QED) is 0.373. The lowest BCUT2D eigenvalue weighted by molar-refractivity contribution is 0.0716. The summed E-state index contributed by atoms with van der Waals surface area (Å²) in [5.74, 6) is 0. The molecule has 0 fully saturated rings. The summed E-state index contributed by atoms with van der Waals surface area (Å²) in [5.41, 5.74) is 0. The van der Waals surface area contributed by atoms with Crippen molar-refractivity contribution < 1.29 is 8.58 Å². The zero-order valence-electron chi connectivity index (χ0n) is 2.13. The Balaban J connectivity index is 3.29. The van der Waals surface area contributed by atoms with E-state index >= 15 is 0 Å². The second-order valence-electron chi connectivity index (χ2n) is 0.485. The van der Waals surface area contributed by atoms with E-state index in [4.69, 9.17) is 0 Å². The van der Waals surface area contributed by atoms with Gasteiger partial charge in [-0.15, -0.1) is 0 Å². The largest absolute Gasteiger partial charge is 0.336 e. The Morgan fingerprint density at radius 3 is 2.20 bits per heavy atom. The van der Waals surface area contributed by atoms with E-state index in [-0.39, 0.29) is 0 Å². The summed E-state index contributed by atoms with van der Waals surface area (Å²) in [5, 5.41) is 0. The fourth-order valence-electron chi connectivity index (χ4n) is 0.0618. The lowest BCUT2D eigenvalue weighted by Crippen LogP contribution is -1.47. The van der Waals surface area contributed by atoms with Crippen LogP contribution in [0.2, 0.25) is 0 Å². The SMILES string of the molecule is S=c1oos1. The van der Waals surface area contributed by atoms with E-state index in [0.29, 0.717) is 4.02 Å². The Morgan fingerprint density at radius 1 is 1.80 bits per heavy atom. The molecule has 0 saturated heterocycles. The Kier molecular flexibility index (Phi) is 0.590. The van der Waals surface area contributed by atoms with Gasteiger partial charge in [-0.25, -0.2) is 4.01 Å². The van der Waals surface area contributed by atoms with Gasteiger partial charge in [-0.05, 0) is 12.2 Å². The minimum atomic E-state index is 0.463. The van der Waals surface area contributed by atoms with Gasteiger partial charge >= 0.3 is 4.02 Å². The summed E-state index contributed by atoms with van der Waals surface area (Å²) in [4.78, 5) is 0. The molecule has 28 valence electrons. The highest BCUT2D eigenvalue weighted by Crippen LogP contribution is 2.01. The van der Waals surface area contributed by atoms with Gasteiger partial charge < -0.3 is 0 Å². The molecule has 0 N–H and O–H groups in total. The smallest absolute Gasteiger partial charge is 0.251 e. The van der Waals surface area contributed by atoms with E-state index in [2.05, 4.69) is 20.8 Å². The van der Waals surface area contributed by atoms with Crippen molar-refractivity contribution in [2.75, 3.05) is 0 Å². The summed E-state index contributed by atoms with van der Waals surface area (Å²) in [6, 6.07) is 0. The highest BCUT2D eigenvalue weighted by molar-refractivity contribution is 7.73. The van der Waals surface area contributed by atoms with E-state index in [1.165, 1.54) is 0 Å². The van der Waals surface area contributed by atoms with Gasteiger partial charge in [0.1, 0.15) is 0 Å². The van der Waals surface area contributed by atoms with Crippen LogP contribution in [0.3, 0.4) is 0 Å². The van der Waals surface area contributed by atoms with Gasteiger partial charge in [-0.1, -0.05) is 0 Å². The first-order chi connectivity index (χ1) is 2.39. The van der Waals surface area contributed by atoms with Gasteiger partial charge in [0.25, 0.3) is 0 Å². The average molecular weight is 108 g/mol. The number of hydrogen-bond acceptors (Lipinski definition) is 4. The van der Waals surface area contributed by atoms with E-state index in [1.807, 2.05) is 0 Å². The number of rotatable bonds is 0. The third-order valence-corrected chi connectivity index (χ3v) is 0.816. The van der Waals surface area contributed by atoms with Crippen LogP contribution in [-0.4, -0.2) is 0 Å². The first kappa shape index (κ1) is 3.11. The van der Waals surface area contributed by atoms with Crippen molar-refractivity contribution in [2.45, 2.75) is 0 Å². The van der Waals surface area contributed by atoms with E-state index in [9.17, 15) is 0 Å². The first-order valence-corrected chi connectivity index (χ1v) is 2.10. The molecule has 0 aliphatic carbocycles. The van der Waals surface area contributed by atoms with Gasteiger partial charge in [0.15, 0.2) is 11.6 Å². The molecular formula is CO2S2. The van der Waals surface area contributed by atoms with Crippen LogP contribution in [0.15, 0.2) is 8.58 Å². The maximum atomic E-state index is 4.40. The van der Waals surface area contributed by atoms with Crippen LogP contribution < -0.4 is 0 Å². The topological polar surface area (TPSA) is 26.3 Å². The molecule has 2 nitrogen and oxygen atoms in total. The van der Waals surface area contributed by atoms with Crippen LogP contribution in [0.5, 0.6) is 0 Å². The molecule has 0 bridgehead atoms. The number of hydrogen-bond donors (Lipinski definition) is 0. The molecule has 4 heteroatoms. The van der Waals surface area contributed by atoms with E-state index in [1.54, 1.807) is 0 Å². The van der Waals surface area contributed by atoms with Gasteiger partial charge in [0, 0.05) is 0 Å². The molecule has 0 radical (unpaired) electrons. The molecule has 0 aliphatic rings. The maximum Gasteiger partial charge on any atom is 0.336 e. The Morgan fingerprint density at radius 2 is 2.20 bits per heavy atom. The van der Waals surface area contributed by atoms with Crippen LogP contribution in [0, 0.1) is 4.02 Å². The average Bonchev–Trinajstić information content (AvgIpc) is 1.30. The molecule has 0 saturated carbocycles. The lowest BCUT2D eigenvalue weighted by Gasteiger charge is -1.72. The predicted octanol–water partition coefficient (Wildman–Crippen LogP) is 1.66. The monoisotopic (exact) mass is 108 g/mol. The molecular weight excluding hydrogens is 108 g/mol. The van der Waals surface area contributed by atoms with Crippen molar-refractivity contribution in [3.8, 4) is 0 Å². The molecule has 0 unspecified atom stereocenters. The summed E-state index contributed by atoms with van der Waals surface area (Å²) in [6.45, 7) is 0. The van der Waals surface area contributed by atoms with Gasteiger partial charge in [-0.3, -0.25) is 4.58 Å². The molecule has 5 heavy (non-hydrogen) atoms. The summed E-state index contributed by atoms with van der Waals surface area (Å²) >= 11 is 5.47. The molecule has 0 aromatic carbocycles. The highest BCUT2D eigenvalue weighted by atomic mass is 32.2. The second-order valence-corrected chi connectivity index (χ2v) is 1.79. The molecule has 1 aromatic rings. The molecule has 0 atom stereocenters. The molecule has 1 heterocycles. The summed E-state index contributed by atoms with van der Waals surface area (Å²) in [6.07, 6.45) is 0. The van der Waals surface area contributed by atoms with Crippen molar-refractivity contribution >= 4 is 23.9 Å². The predicted molar refractivity (Wildman–Crippen MR) is 19.7 cm³/mol. The third kappa shape index (κ3) is 0.408. The van der Waals surface area contributed by atoms with Crippen LogP contribution in [0.25, 0.3) is 0 Å². The van der Waals surface area contributed by atoms with Gasteiger partial charge in [-0.2, -0.15) is 0 Å². The van der Waals surface area contributed by atoms with Crippen LogP contribution >= 0.6 is 23.9 Å². The third-order valence-electron chi connectivity index (χ3n) is 0.204. The maximum absolute atomic E-state index is 4.40. The summed E-state index contributed by atoms with van der Waals surface area (Å²) in [7, 11) is 0. The van der Waals surface area contributed by atoms with Crippen LogP contribution in [0.4, 0.5) is 0 Å². The first-order valence-electron chi connectivity index (χ1n) is 0.946. The summed E-state index contributed by atoms with van der Waals surface area (Å²) < 4.78 is 8.70. The minimum absolute atomic E-state index is 0.463. The zero-order chi connectivity index (χ0) is 3.70. The van der Waals surface area contributed by atoms with E-state index in [0.717, 1.165) is 11.6 Å². The lowest BCUT2D eigenvalue weighted by atomic mass is 11.8. The molecule has 0 spiro atoms. The van der Waals surface area contributed by atoms with Crippen molar-refractivity contribution in [2.24, 2.45) is 0 Å².